The molecule has 20 heavy (non-hydrogen) atoms. The number of carbonyl (C=O) groups excluding carboxylic acids is 1. The zero-order chi connectivity index (χ0) is 14.0. The van der Waals surface area contributed by atoms with E-state index in [1.165, 1.54) is 44.9 Å². The van der Waals surface area contributed by atoms with E-state index in [1.54, 1.807) is 0 Å². The van der Waals surface area contributed by atoms with E-state index in [-0.39, 0.29) is 5.41 Å². The molecule has 4 aliphatic carbocycles. The second-order valence-electron chi connectivity index (χ2n) is 8.56. The molecule has 0 amide bonds. The molecule has 0 N–H and O–H groups in total. The van der Waals surface area contributed by atoms with Gasteiger partial charge in [-0.25, -0.2) is 0 Å². The summed E-state index contributed by atoms with van der Waals surface area (Å²) >= 11 is 0. The van der Waals surface area contributed by atoms with E-state index in [4.69, 9.17) is 0 Å². The van der Waals surface area contributed by atoms with Crippen molar-refractivity contribution in [2.45, 2.75) is 65.2 Å². The molecule has 0 spiro atoms. The van der Waals surface area contributed by atoms with Gasteiger partial charge in [-0.2, -0.15) is 0 Å². The number of carbonyl (C=O) groups is 1. The summed E-state index contributed by atoms with van der Waals surface area (Å²) in [6.07, 6.45) is 14.9. The van der Waals surface area contributed by atoms with Crippen molar-refractivity contribution in [3.63, 3.8) is 0 Å². The van der Waals surface area contributed by atoms with Crippen LogP contribution in [0.25, 0.3) is 0 Å². The fourth-order valence-corrected chi connectivity index (χ4v) is 6.65. The van der Waals surface area contributed by atoms with Crippen LogP contribution in [0.3, 0.4) is 0 Å². The van der Waals surface area contributed by atoms with E-state index < -0.39 is 0 Å². The van der Waals surface area contributed by atoms with Crippen molar-refractivity contribution in [2.24, 2.45) is 34.5 Å². The van der Waals surface area contributed by atoms with Crippen LogP contribution in [0, 0.1) is 34.5 Å². The average molecular weight is 272 g/mol. The smallest absolute Gasteiger partial charge is 0.137 e. The van der Waals surface area contributed by atoms with Gasteiger partial charge in [0.15, 0.2) is 0 Å². The first-order chi connectivity index (χ1) is 9.55. The van der Waals surface area contributed by atoms with Gasteiger partial charge in [-0.3, -0.25) is 4.79 Å². The Morgan fingerprint density at radius 1 is 1.15 bits per heavy atom. The summed E-state index contributed by atoms with van der Waals surface area (Å²) in [6, 6.07) is 0. The van der Waals surface area contributed by atoms with Crippen molar-refractivity contribution in [1.29, 1.82) is 0 Å². The lowest BCUT2D eigenvalue weighted by molar-refractivity contribution is -0.147. The van der Waals surface area contributed by atoms with Gasteiger partial charge < -0.3 is 0 Å². The lowest BCUT2D eigenvalue weighted by atomic mass is 9.46. The van der Waals surface area contributed by atoms with Crippen molar-refractivity contribution >= 4 is 5.78 Å². The second kappa shape index (κ2) is 4.21. The lowest BCUT2D eigenvalue weighted by Crippen LogP contribution is -2.55. The van der Waals surface area contributed by atoms with E-state index >= 15 is 0 Å². The Morgan fingerprint density at radius 3 is 2.85 bits per heavy atom. The molecule has 0 saturated heterocycles. The van der Waals surface area contributed by atoms with Gasteiger partial charge in [-0.1, -0.05) is 32.4 Å². The summed E-state index contributed by atoms with van der Waals surface area (Å²) in [5.41, 5.74) is 0.530. The Kier molecular flexibility index (Phi) is 2.76. The van der Waals surface area contributed by atoms with E-state index in [9.17, 15) is 4.79 Å². The molecule has 1 unspecified atom stereocenters. The fourth-order valence-electron chi connectivity index (χ4n) is 6.65. The number of rotatable bonds is 0. The maximum Gasteiger partial charge on any atom is 0.137 e. The zero-order valence-corrected chi connectivity index (χ0v) is 13.0. The normalized spacial score (nSPS) is 54.2. The molecule has 0 heterocycles. The number of hydrogen-bond acceptors (Lipinski definition) is 1. The molecule has 0 radical (unpaired) electrons. The van der Waals surface area contributed by atoms with Crippen molar-refractivity contribution in [3.8, 4) is 0 Å². The topological polar surface area (TPSA) is 17.1 Å². The largest absolute Gasteiger partial charge is 0.299 e. The third-order valence-corrected chi connectivity index (χ3v) is 7.59. The van der Waals surface area contributed by atoms with Crippen LogP contribution in [0.1, 0.15) is 65.2 Å². The van der Waals surface area contributed by atoms with Crippen LogP contribution in [-0.4, -0.2) is 5.78 Å². The third-order valence-electron chi connectivity index (χ3n) is 7.59. The number of allylic oxidation sites excluding steroid dienone is 2. The Bertz CT molecular complexity index is 464. The highest BCUT2D eigenvalue weighted by Crippen LogP contribution is 2.64. The number of hydrogen-bond donors (Lipinski definition) is 0. The third kappa shape index (κ3) is 1.58. The second-order valence-corrected chi connectivity index (χ2v) is 8.56. The van der Waals surface area contributed by atoms with Gasteiger partial charge >= 0.3 is 0 Å². The van der Waals surface area contributed by atoms with E-state index in [1.807, 2.05) is 0 Å². The minimum absolute atomic E-state index is 0.183. The Morgan fingerprint density at radius 2 is 2.00 bits per heavy atom. The van der Waals surface area contributed by atoms with Gasteiger partial charge in [0.05, 0.1) is 0 Å². The molecule has 4 rings (SSSR count). The quantitative estimate of drug-likeness (QED) is 0.581. The molecule has 3 fully saturated rings. The molecule has 1 heteroatoms. The number of ketones is 1. The minimum atomic E-state index is 0.183. The highest BCUT2D eigenvalue weighted by molar-refractivity contribution is 5.84. The fraction of sp³-hybridized carbons (Fsp3) is 0.842. The molecule has 0 aliphatic heterocycles. The van der Waals surface area contributed by atoms with Crippen molar-refractivity contribution < 1.29 is 4.79 Å². The highest BCUT2D eigenvalue weighted by atomic mass is 16.1. The van der Waals surface area contributed by atoms with E-state index in [0.29, 0.717) is 23.0 Å². The summed E-state index contributed by atoms with van der Waals surface area (Å²) in [4.78, 5) is 13.0. The van der Waals surface area contributed by atoms with Crippen LogP contribution in [-0.2, 0) is 4.79 Å². The lowest BCUT2D eigenvalue weighted by Gasteiger charge is -2.57. The van der Waals surface area contributed by atoms with Crippen molar-refractivity contribution in [1.82, 2.24) is 0 Å². The van der Waals surface area contributed by atoms with Crippen molar-refractivity contribution in [3.05, 3.63) is 12.2 Å². The predicted molar refractivity (Wildman–Crippen MR) is 81.3 cm³/mol. The average Bonchev–Trinajstić information content (AvgIpc) is 2.78. The van der Waals surface area contributed by atoms with E-state index in [2.05, 4.69) is 26.0 Å². The molecule has 3 saturated carbocycles. The molecule has 6 atom stereocenters. The molecule has 0 aromatic carbocycles. The van der Waals surface area contributed by atoms with Gasteiger partial charge in [0.1, 0.15) is 5.78 Å². The van der Waals surface area contributed by atoms with Gasteiger partial charge in [-0.15, -0.1) is 0 Å². The zero-order valence-electron chi connectivity index (χ0n) is 13.0. The molecule has 4 aliphatic rings. The first-order valence-electron chi connectivity index (χ1n) is 8.75. The van der Waals surface area contributed by atoms with Crippen LogP contribution in [0.5, 0.6) is 0 Å². The standard InChI is InChI=1S/C19H28O/c1-18-10-5-7-15(18)14-9-8-13-6-3-4-11-19(13,2)17(14)16(20)12-18/h4,11,13-15,17H,3,5-10,12H2,1-2H3/t13?,14-,15-,17+,18-,19-/m0/s1. The molecule has 1 nitrogen and oxygen atoms in total. The number of Topliss-reactive ketones (excluding diaryl/α,β-unsaturated/α-hetero) is 1. The first kappa shape index (κ1) is 13.1. The molecule has 0 aromatic heterocycles. The summed E-state index contributed by atoms with van der Waals surface area (Å²) in [7, 11) is 0. The molecule has 0 aromatic rings. The summed E-state index contributed by atoms with van der Waals surface area (Å²) < 4.78 is 0. The molecular formula is C19H28O. The molecule has 0 bridgehead atoms. The van der Waals surface area contributed by atoms with Gasteiger partial charge in [0.25, 0.3) is 0 Å². The number of fused-ring (bicyclic) bond motifs is 5. The van der Waals surface area contributed by atoms with Crippen molar-refractivity contribution in [2.75, 3.05) is 0 Å². The molecular weight excluding hydrogens is 244 g/mol. The summed E-state index contributed by atoms with van der Waals surface area (Å²) in [6.45, 7) is 4.81. The van der Waals surface area contributed by atoms with E-state index in [0.717, 1.165) is 18.3 Å². The minimum Gasteiger partial charge on any atom is -0.299 e. The highest BCUT2D eigenvalue weighted by Gasteiger charge is 2.59. The monoisotopic (exact) mass is 272 g/mol. The summed E-state index contributed by atoms with van der Waals surface area (Å²) in [5, 5.41) is 0. The Hall–Kier alpha value is -0.590. The van der Waals surface area contributed by atoms with Crippen LogP contribution in [0.15, 0.2) is 12.2 Å². The summed E-state index contributed by atoms with van der Waals surface area (Å²) in [5.74, 6) is 3.23. The van der Waals surface area contributed by atoms with Gasteiger partial charge in [0, 0.05) is 12.3 Å². The first-order valence-corrected chi connectivity index (χ1v) is 8.75. The van der Waals surface area contributed by atoms with Crippen LogP contribution >= 0.6 is 0 Å². The molecule has 110 valence electrons. The Labute approximate surface area is 123 Å². The maximum absolute atomic E-state index is 13.0. The van der Waals surface area contributed by atoms with Crippen LogP contribution in [0.4, 0.5) is 0 Å². The Balaban J connectivity index is 1.75. The van der Waals surface area contributed by atoms with Crippen LogP contribution < -0.4 is 0 Å². The van der Waals surface area contributed by atoms with Gasteiger partial charge in [-0.05, 0) is 67.1 Å². The SMILES string of the molecule is C[C@@]12CCC[C@H]1[C@@H]1CCC3CCC=C[C@]3(C)[C@H]1C(=O)C2. The maximum atomic E-state index is 13.0. The van der Waals surface area contributed by atoms with Crippen LogP contribution in [0.2, 0.25) is 0 Å². The predicted octanol–water partition coefficient (Wildman–Crippen LogP) is 4.76. The van der Waals surface area contributed by atoms with Gasteiger partial charge in [0.2, 0.25) is 0 Å².